The van der Waals surface area contributed by atoms with Crippen LogP contribution in [0, 0.1) is 0 Å². The van der Waals surface area contributed by atoms with E-state index in [2.05, 4.69) is 17.1 Å². The molecule has 114 valence electrons. The van der Waals surface area contributed by atoms with Gasteiger partial charge in [-0.05, 0) is 24.5 Å². The molecule has 1 aromatic heterocycles. The van der Waals surface area contributed by atoms with Crippen LogP contribution < -0.4 is 9.64 Å². The van der Waals surface area contributed by atoms with Crippen molar-refractivity contribution in [3.8, 4) is 5.88 Å². The Bertz CT molecular complexity index is 619. The number of amides is 1. The Kier molecular flexibility index (Phi) is 4.09. The first kappa shape index (κ1) is 14.6. The molecule has 1 fully saturated rings. The molecule has 0 bridgehead atoms. The zero-order valence-corrected chi connectivity index (χ0v) is 12.7. The van der Waals surface area contributed by atoms with Gasteiger partial charge in [0.25, 0.3) is 0 Å². The predicted octanol–water partition coefficient (Wildman–Crippen LogP) is 3.52. The lowest BCUT2D eigenvalue weighted by Gasteiger charge is -2.39. The SMILES string of the molecule is COc1ccc(N(C=O)C2(c3ccccc3)CCCC2)cn1. The van der Waals surface area contributed by atoms with Crippen molar-refractivity contribution in [2.75, 3.05) is 12.0 Å². The molecule has 1 aliphatic carbocycles. The summed E-state index contributed by atoms with van der Waals surface area (Å²) >= 11 is 0. The largest absolute Gasteiger partial charge is 0.481 e. The third-order valence-electron chi connectivity index (χ3n) is 4.52. The van der Waals surface area contributed by atoms with E-state index in [-0.39, 0.29) is 5.54 Å². The Morgan fingerprint density at radius 1 is 1.14 bits per heavy atom. The van der Waals surface area contributed by atoms with Gasteiger partial charge in [-0.3, -0.25) is 4.79 Å². The van der Waals surface area contributed by atoms with Crippen molar-refractivity contribution in [1.82, 2.24) is 4.98 Å². The molecule has 1 aromatic carbocycles. The van der Waals surface area contributed by atoms with Gasteiger partial charge in [-0.2, -0.15) is 0 Å². The molecule has 0 atom stereocenters. The second-order valence-corrected chi connectivity index (χ2v) is 5.64. The molecular weight excluding hydrogens is 276 g/mol. The van der Waals surface area contributed by atoms with E-state index in [0.29, 0.717) is 5.88 Å². The van der Waals surface area contributed by atoms with Gasteiger partial charge in [0.15, 0.2) is 0 Å². The van der Waals surface area contributed by atoms with Crippen LogP contribution in [0.5, 0.6) is 5.88 Å². The Labute approximate surface area is 130 Å². The molecule has 0 unspecified atom stereocenters. The van der Waals surface area contributed by atoms with Crippen molar-refractivity contribution in [2.24, 2.45) is 0 Å². The third-order valence-corrected chi connectivity index (χ3v) is 4.52. The summed E-state index contributed by atoms with van der Waals surface area (Å²) in [6, 6.07) is 14.0. The van der Waals surface area contributed by atoms with Gasteiger partial charge in [-0.1, -0.05) is 43.2 Å². The number of anilines is 1. The minimum atomic E-state index is -0.265. The van der Waals surface area contributed by atoms with E-state index in [9.17, 15) is 4.79 Å². The van der Waals surface area contributed by atoms with Crippen LogP contribution >= 0.6 is 0 Å². The summed E-state index contributed by atoms with van der Waals surface area (Å²) < 4.78 is 5.10. The molecule has 1 amide bonds. The number of methoxy groups -OCH3 is 1. The van der Waals surface area contributed by atoms with Crippen LogP contribution in [0.1, 0.15) is 31.2 Å². The fourth-order valence-electron chi connectivity index (χ4n) is 3.42. The number of benzene rings is 1. The highest BCUT2D eigenvalue weighted by molar-refractivity contribution is 5.78. The van der Waals surface area contributed by atoms with Crippen LogP contribution in [0.25, 0.3) is 0 Å². The van der Waals surface area contributed by atoms with Crippen molar-refractivity contribution in [3.63, 3.8) is 0 Å². The molecule has 4 nitrogen and oxygen atoms in total. The number of pyridine rings is 1. The van der Waals surface area contributed by atoms with Crippen LogP contribution in [-0.4, -0.2) is 18.5 Å². The molecular formula is C18H20N2O2. The van der Waals surface area contributed by atoms with Gasteiger partial charge in [-0.25, -0.2) is 4.98 Å². The number of ether oxygens (including phenoxy) is 1. The Hall–Kier alpha value is -2.36. The summed E-state index contributed by atoms with van der Waals surface area (Å²) in [4.78, 5) is 18.0. The molecule has 1 aliphatic rings. The smallest absolute Gasteiger partial charge is 0.214 e. The molecule has 2 aromatic rings. The number of carbonyl (C=O) groups excluding carboxylic acids is 1. The average molecular weight is 296 g/mol. The molecule has 0 saturated heterocycles. The molecule has 3 rings (SSSR count). The van der Waals surface area contributed by atoms with Gasteiger partial charge >= 0.3 is 0 Å². The Morgan fingerprint density at radius 2 is 1.86 bits per heavy atom. The zero-order valence-electron chi connectivity index (χ0n) is 12.7. The average Bonchev–Trinajstić information content (AvgIpc) is 3.08. The number of carbonyl (C=O) groups is 1. The topological polar surface area (TPSA) is 42.4 Å². The fraction of sp³-hybridized carbons (Fsp3) is 0.333. The Morgan fingerprint density at radius 3 is 2.41 bits per heavy atom. The molecule has 0 radical (unpaired) electrons. The maximum atomic E-state index is 11.9. The second kappa shape index (κ2) is 6.18. The summed E-state index contributed by atoms with van der Waals surface area (Å²) in [7, 11) is 1.59. The summed E-state index contributed by atoms with van der Waals surface area (Å²) in [5, 5.41) is 0. The molecule has 1 saturated carbocycles. The normalized spacial score (nSPS) is 16.2. The van der Waals surface area contributed by atoms with Crippen LogP contribution in [0.2, 0.25) is 0 Å². The lowest BCUT2D eigenvalue weighted by molar-refractivity contribution is -0.108. The first-order chi connectivity index (χ1) is 10.8. The number of nitrogens with zero attached hydrogens (tertiary/aromatic N) is 2. The summed E-state index contributed by atoms with van der Waals surface area (Å²) in [5.74, 6) is 0.551. The van der Waals surface area contributed by atoms with Crippen LogP contribution in [0.4, 0.5) is 5.69 Å². The van der Waals surface area contributed by atoms with Crippen molar-refractivity contribution < 1.29 is 9.53 Å². The fourth-order valence-corrected chi connectivity index (χ4v) is 3.42. The van der Waals surface area contributed by atoms with Crippen molar-refractivity contribution in [1.29, 1.82) is 0 Å². The number of hydrogen-bond acceptors (Lipinski definition) is 3. The summed E-state index contributed by atoms with van der Waals surface area (Å²) in [5.41, 5.74) is 1.73. The lowest BCUT2D eigenvalue weighted by atomic mass is 9.86. The van der Waals surface area contributed by atoms with Crippen molar-refractivity contribution in [3.05, 3.63) is 54.2 Å². The molecule has 0 aliphatic heterocycles. The van der Waals surface area contributed by atoms with Crippen LogP contribution in [-0.2, 0) is 10.3 Å². The van der Waals surface area contributed by atoms with Gasteiger partial charge < -0.3 is 9.64 Å². The first-order valence-corrected chi connectivity index (χ1v) is 7.60. The van der Waals surface area contributed by atoms with Gasteiger partial charge in [0.2, 0.25) is 12.3 Å². The summed E-state index contributed by atoms with van der Waals surface area (Å²) in [6.45, 7) is 0. The number of rotatable bonds is 5. The van der Waals surface area contributed by atoms with E-state index >= 15 is 0 Å². The monoisotopic (exact) mass is 296 g/mol. The van der Waals surface area contributed by atoms with Crippen molar-refractivity contribution in [2.45, 2.75) is 31.2 Å². The number of hydrogen-bond donors (Lipinski definition) is 0. The van der Waals surface area contributed by atoms with Gasteiger partial charge in [-0.15, -0.1) is 0 Å². The molecule has 0 spiro atoms. The number of aromatic nitrogens is 1. The quantitative estimate of drug-likeness (QED) is 0.793. The highest BCUT2D eigenvalue weighted by Gasteiger charge is 2.41. The highest BCUT2D eigenvalue weighted by Crippen LogP contribution is 2.45. The molecule has 0 N–H and O–H groups in total. The van der Waals surface area contributed by atoms with Gasteiger partial charge in [0.05, 0.1) is 24.5 Å². The van der Waals surface area contributed by atoms with Gasteiger partial charge in [0, 0.05) is 6.07 Å². The first-order valence-electron chi connectivity index (χ1n) is 7.60. The molecule has 4 heteroatoms. The second-order valence-electron chi connectivity index (χ2n) is 5.64. The molecule has 1 heterocycles. The Balaban J connectivity index is 2.03. The van der Waals surface area contributed by atoms with Crippen molar-refractivity contribution >= 4 is 12.1 Å². The summed E-state index contributed by atoms with van der Waals surface area (Å²) in [6.07, 6.45) is 6.84. The van der Waals surface area contributed by atoms with Crippen LogP contribution in [0.3, 0.4) is 0 Å². The van der Waals surface area contributed by atoms with E-state index in [0.717, 1.165) is 37.8 Å². The zero-order chi connectivity index (χ0) is 15.4. The van der Waals surface area contributed by atoms with Crippen LogP contribution in [0.15, 0.2) is 48.7 Å². The minimum Gasteiger partial charge on any atom is -0.481 e. The highest BCUT2D eigenvalue weighted by atomic mass is 16.5. The lowest BCUT2D eigenvalue weighted by Crippen LogP contribution is -2.43. The molecule has 22 heavy (non-hydrogen) atoms. The maximum Gasteiger partial charge on any atom is 0.214 e. The third kappa shape index (κ3) is 2.45. The maximum absolute atomic E-state index is 11.9. The van der Waals surface area contributed by atoms with E-state index in [1.807, 2.05) is 29.2 Å². The standard InChI is InChI=1S/C18H20N2O2/c1-22-17-10-9-16(13-19-17)20(14-21)18(11-5-6-12-18)15-7-3-2-4-8-15/h2-4,7-10,13-14H,5-6,11-12H2,1H3. The minimum absolute atomic E-state index is 0.265. The van der Waals surface area contributed by atoms with E-state index in [1.54, 1.807) is 19.4 Å². The van der Waals surface area contributed by atoms with E-state index in [4.69, 9.17) is 4.74 Å². The van der Waals surface area contributed by atoms with Gasteiger partial charge in [0.1, 0.15) is 0 Å². The van der Waals surface area contributed by atoms with E-state index in [1.165, 1.54) is 5.56 Å². The van der Waals surface area contributed by atoms with E-state index < -0.39 is 0 Å². The predicted molar refractivity (Wildman–Crippen MR) is 85.9 cm³/mol.